The van der Waals surface area contributed by atoms with Crippen LogP contribution in [0, 0.1) is 5.82 Å². The summed E-state index contributed by atoms with van der Waals surface area (Å²) in [6, 6.07) is 14.0. The fraction of sp³-hybridized carbons (Fsp3) is 0.250. The van der Waals surface area contributed by atoms with Gasteiger partial charge in [0.25, 0.3) is 0 Å². The molecule has 18 heavy (non-hydrogen) atoms. The van der Waals surface area contributed by atoms with Crippen molar-refractivity contribution >= 4 is 0 Å². The Morgan fingerprint density at radius 3 is 2.17 bits per heavy atom. The molecule has 0 aliphatic carbocycles. The summed E-state index contributed by atoms with van der Waals surface area (Å²) in [6.07, 6.45) is 0. The Morgan fingerprint density at radius 2 is 1.56 bits per heavy atom. The van der Waals surface area contributed by atoms with Crippen LogP contribution >= 0.6 is 0 Å². The summed E-state index contributed by atoms with van der Waals surface area (Å²) in [5.41, 5.74) is 1.30. The lowest BCUT2D eigenvalue weighted by Crippen LogP contribution is -2.10. The van der Waals surface area contributed by atoms with E-state index in [0.29, 0.717) is 5.75 Å². The first-order valence-corrected chi connectivity index (χ1v) is 5.99. The van der Waals surface area contributed by atoms with Crippen molar-refractivity contribution in [3.63, 3.8) is 0 Å². The van der Waals surface area contributed by atoms with E-state index in [9.17, 15) is 4.39 Å². The molecule has 0 radical (unpaired) electrons. The van der Waals surface area contributed by atoms with Crippen molar-refractivity contribution in [1.82, 2.24) is 0 Å². The Bertz CT molecular complexity index is 524. The highest BCUT2D eigenvalue weighted by molar-refractivity contribution is 5.36. The summed E-state index contributed by atoms with van der Waals surface area (Å²) < 4.78 is 18.5. The Labute approximate surface area is 107 Å². The number of hydrogen-bond donors (Lipinski definition) is 0. The molecular formula is C16H17FO. The molecule has 2 rings (SSSR count). The number of halogens is 1. The van der Waals surface area contributed by atoms with E-state index >= 15 is 0 Å². The van der Waals surface area contributed by atoms with Gasteiger partial charge in [0.15, 0.2) is 0 Å². The normalized spacial score (nSPS) is 11.3. The van der Waals surface area contributed by atoms with Gasteiger partial charge in [-0.1, -0.05) is 32.9 Å². The molecule has 0 amide bonds. The fourth-order valence-corrected chi connectivity index (χ4v) is 1.66. The van der Waals surface area contributed by atoms with Crippen LogP contribution in [0.3, 0.4) is 0 Å². The third-order valence-electron chi connectivity index (χ3n) is 2.75. The lowest BCUT2D eigenvalue weighted by molar-refractivity contribution is 0.476. The predicted molar refractivity (Wildman–Crippen MR) is 71.6 cm³/mol. The van der Waals surface area contributed by atoms with Gasteiger partial charge in [-0.25, -0.2) is 4.39 Å². The van der Waals surface area contributed by atoms with Gasteiger partial charge in [-0.05, 0) is 47.4 Å². The summed E-state index contributed by atoms with van der Waals surface area (Å²) in [7, 11) is 0. The van der Waals surface area contributed by atoms with E-state index < -0.39 is 0 Å². The molecule has 0 unspecified atom stereocenters. The van der Waals surface area contributed by atoms with Gasteiger partial charge in [0, 0.05) is 0 Å². The molecular weight excluding hydrogens is 227 g/mol. The highest BCUT2D eigenvalue weighted by Crippen LogP contribution is 2.28. The zero-order valence-electron chi connectivity index (χ0n) is 10.9. The molecule has 0 aliphatic rings. The highest BCUT2D eigenvalue weighted by atomic mass is 19.1. The van der Waals surface area contributed by atoms with Gasteiger partial charge in [0.1, 0.15) is 17.3 Å². The molecule has 0 aliphatic heterocycles. The van der Waals surface area contributed by atoms with Crippen molar-refractivity contribution in [3.8, 4) is 11.5 Å². The van der Waals surface area contributed by atoms with E-state index in [2.05, 4.69) is 26.8 Å². The summed E-state index contributed by atoms with van der Waals surface area (Å²) in [6.45, 7) is 6.47. The van der Waals surface area contributed by atoms with Crippen LogP contribution in [0.25, 0.3) is 0 Å². The van der Waals surface area contributed by atoms with Crippen LogP contribution in [0.2, 0.25) is 0 Å². The fourth-order valence-electron chi connectivity index (χ4n) is 1.66. The standard InChI is InChI=1S/C16H17FO/c1-16(2,3)12-5-4-6-15(11-12)18-14-9-7-13(17)8-10-14/h4-11H,1-3H3. The molecule has 2 aromatic rings. The summed E-state index contributed by atoms with van der Waals surface area (Å²) in [5, 5.41) is 0. The van der Waals surface area contributed by atoms with Crippen molar-refractivity contribution in [1.29, 1.82) is 0 Å². The smallest absolute Gasteiger partial charge is 0.127 e. The van der Waals surface area contributed by atoms with E-state index in [0.717, 1.165) is 5.75 Å². The van der Waals surface area contributed by atoms with E-state index in [4.69, 9.17) is 4.74 Å². The minimum atomic E-state index is -0.259. The van der Waals surface area contributed by atoms with E-state index in [-0.39, 0.29) is 11.2 Å². The van der Waals surface area contributed by atoms with Crippen molar-refractivity contribution < 1.29 is 9.13 Å². The lowest BCUT2D eigenvalue weighted by atomic mass is 9.87. The maximum atomic E-state index is 12.8. The number of hydrogen-bond acceptors (Lipinski definition) is 1. The maximum absolute atomic E-state index is 12.8. The lowest BCUT2D eigenvalue weighted by Gasteiger charge is -2.19. The third-order valence-corrected chi connectivity index (χ3v) is 2.75. The Balaban J connectivity index is 2.22. The first-order chi connectivity index (χ1) is 8.45. The van der Waals surface area contributed by atoms with Crippen LogP contribution in [-0.4, -0.2) is 0 Å². The topological polar surface area (TPSA) is 9.23 Å². The SMILES string of the molecule is CC(C)(C)c1cccc(Oc2ccc(F)cc2)c1. The molecule has 0 saturated carbocycles. The average Bonchev–Trinajstić information content (AvgIpc) is 2.31. The second kappa shape index (κ2) is 4.81. The number of ether oxygens (including phenoxy) is 1. The summed E-state index contributed by atoms with van der Waals surface area (Å²) >= 11 is 0. The molecule has 0 atom stereocenters. The van der Waals surface area contributed by atoms with Crippen molar-refractivity contribution in [2.45, 2.75) is 26.2 Å². The molecule has 94 valence electrons. The third kappa shape index (κ3) is 3.10. The first-order valence-electron chi connectivity index (χ1n) is 5.99. The molecule has 2 heteroatoms. The molecule has 0 bridgehead atoms. The molecule has 0 aromatic heterocycles. The number of benzene rings is 2. The van der Waals surface area contributed by atoms with Crippen LogP contribution < -0.4 is 4.74 Å². The van der Waals surface area contributed by atoms with Crippen molar-refractivity contribution in [2.24, 2.45) is 0 Å². The van der Waals surface area contributed by atoms with Gasteiger partial charge in [0.2, 0.25) is 0 Å². The Kier molecular flexibility index (Phi) is 3.37. The Morgan fingerprint density at radius 1 is 0.889 bits per heavy atom. The maximum Gasteiger partial charge on any atom is 0.127 e. The predicted octanol–water partition coefficient (Wildman–Crippen LogP) is 4.92. The zero-order chi connectivity index (χ0) is 13.2. The molecule has 0 fully saturated rings. The molecule has 0 N–H and O–H groups in total. The Hall–Kier alpha value is -1.83. The first kappa shape index (κ1) is 12.6. The van der Waals surface area contributed by atoms with Crippen molar-refractivity contribution in [2.75, 3.05) is 0 Å². The summed E-state index contributed by atoms with van der Waals surface area (Å²) in [5.74, 6) is 1.15. The van der Waals surface area contributed by atoms with Crippen molar-refractivity contribution in [3.05, 3.63) is 59.9 Å². The average molecular weight is 244 g/mol. The van der Waals surface area contributed by atoms with Crippen LogP contribution in [0.4, 0.5) is 4.39 Å². The van der Waals surface area contributed by atoms with Gasteiger partial charge < -0.3 is 4.74 Å². The van der Waals surface area contributed by atoms with E-state index in [1.807, 2.05) is 18.2 Å². The van der Waals surface area contributed by atoms with Crippen LogP contribution in [0.5, 0.6) is 11.5 Å². The van der Waals surface area contributed by atoms with Crippen LogP contribution in [0.1, 0.15) is 26.3 Å². The van der Waals surface area contributed by atoms with E-state index in [1.165, 1.54) is 17.7 Å². The largest absolute Gasteiger partial charge is 0.457 e. The number of rotatable bonds is 2. The van der Waals surface area contributed by atoms with Crippen LogP contribution in [0.15, 0.2) is 48.5 Å². The quantitative estimate of drug-likeness (QED) is 0.729. The zero-order valence-corrected chi connectivity index (χ0v) is 10.9. The van der Waals surface area contributed by atoms with E-state index in [1.54, 1.807) is 12.1 Å². The summed E-state index contributed by atoms with van der Waals surface area (Å²) in [4.78, 5) is 0. The molecule has 2 aromatic carbocycles. The second-order valence-electron chi connectivity index (χ2n) is 5.33. The van der Waals surface area contributed by atoms with Gasteiger partial charge in [0.05, 0.1) is 0 Å². The minimum absolute atomic E-state index is 0.0855. The van der Waals surface area contributed by atoms with Gasteiger partial charge in [-0.3, -0.25) is 0 Å². The van der Waals surface area contributed by atoms with Crippen LogP contribution in [-0.2, 0) is 5.41 Å². The monoisotopic (exact) mass is 244 g/mol. The molecule has 0 heterocycles. The second-order valence-corrected chi connectivity index (χ2v) is 5.33. The van der Waals surface area contributed by atoms with Gasteiger partial charge in [-0.2, -0.15) is 0 Å². The molecule has 1 nitrogen and oxygen atoms in total. The minimum Gasteiger partial charge on any atom is -0.457 e. The van der Waals surface area contributed by atoms with Gasteiger partial charge >= 0.3 is 0 Å². The highest BCUT2D eigenvalue weighted by Gasteiger charge is 2.14. The van der Waals surface area contributed by atoms with Gasteiger partial charge in [-0.15, -0.1) is 0 Å². The molecule has 0 spiro atoms. The molecule has 0 saturated heterocycles.